The van der Waals surface area contributed by atoms with Crippen molar-refractivity contribution in [2.45, 2.75) is 26.4 Å². The van der Waals surface area contributed by atoms with Gasteiger partial charge in [0.25, 0.3) is 5.89 Å². The summed E-state index contributed by atoms with van der Waals surface area (Å²) in [5.41, 5.74) is 0.728. The quantitative estimate of drug-likeness (QED) is 0.461. The van der Waals surface area contributed by atoms with E-state index in [-0.39, 0.29) is 45.6 Å². The van der Waals surface area contributed by atoms with Gasteiger partial charge in [-0.25, -0.2) is 4.79 Å². The van der Waals surface area contributed by atoms with Crippen molar-refractivity contribution >= 4 is 29.1 Å². The number of aromatic nitrogens is 2. The molecular formula is C21H15ClN2O5. The molecule has 0 bridgehead atoms. The number of halogens is 1. The predicted octanol–water partition coefficient (Wildman–Crippen LogP) is 3.81. The van der Waals surface area contributed by atoms with Crippen molar-refractivity contribution in [3.63, 3.8) is 0 Å². The zero-order chi connectivity index (χ0) is 20.5. The van der Waals surface area contributed by atoms with Gasteiger partial charge in [0.05, 0.1) is 16.1 Å². The first-order valence-electron chi connectivity index (χ1n) is 9.00. The van der Waals surface area contributed by atoms with Crippen LogP contribution in [0.25, 0.3) is 0 Å². The molecule has 29 heavy (non-hydrogen) atoms. The summed E-state index contributed by atoms with van der Waals surface area (Å²) in [6.45, 7) is 1.76. The second kappa shape index (κ2) is 7.60. The van der Waals surface area contributed by atoms with Gasteiger partial charge in [-0.3, -0.25) is 9.59 Å². The summed E-state index contributed by atoms with van der Waals surface area (Å²) in [4.78, 5) is 42.2. The largest absolute Gasteiger partial charge is 0.452 e. The SMILES string of the molecule is CCCc1noc(COC(=O)c2ccc3c(c2Cl)C(=O)c2ccccc2C3=O)n1. The second-order valence-electron chi connectivity index (χ2n) is 6.48. The van der Waals surface area contributed by atoms with Crippen molar-refractivity contribution < 1.29 is 23.6 Å². The lowest BCUT2D eigenvalue weighted by atomic mass is 9.83. The average Bonchev–Trinajstić information content (AvgIpc) is 3.18. The monoisotopic (exact) mass is 410 g/mol. The highest BCUT2D eigenvalue weighted by atomic mass is 35.5. The maximum absolute atomic E-state index is 12.9. The number of carbonyl (C=O) groups is 3. The van der Waals surface area contributed by atoms with E-state index in [4.69, 9.17) is 20.9 Å². The summed E-state index contributed by atoms with van der Waals surface area (Å²) in [7, 11) is 0. The van der Waals surface area contributed by atoms with E-state index in [9.17, 15) is 14.4 Å². The zero-order valence-electron chi connectivity index (χ0n) is 15.4. The molecule has 1 aromatic heterocycles. The van der Waals surface area contributed by atoms with Crippen molar-refractivity contribution in [3.05, 3.63) is 81.0 Å². The number of aryl methyl sites for hydroxylation is 1. The minimum atomic E-state index is -0.757. The number of ether oxygens (including phenoxy) is 1. The number of nitrogens with zero attached hydrogens (tertiary/aromatic N) is 2. The number of hydrogen-bond donors (Lipinski definition) is 0. The van der Waals surface area contributed by atoms with Gasteiger partial charge in [0.1, 0.15) is 0 Å². The minimum absolute atomic E-state index is 0.00726. The second-order valence-corrected chi connectivity index (χ2v) is 6.86. The van der Waals surface area contributed by atoms with Crippen LogP contribution in [-0.2, 0) is 17.8 Å². The lowest BCUT2D eigenvalue weighted by Gasteiger charge is -2.19. The molecule has 0 fully saturated rings. The van der Waals surface area contributed by atoms with E-state index < -0.39 is 11.8 Å². The Morgan fingerprint density at radius 3 is 2.52 bits per heavy atom. The van der Waals surface area contributed by atoms with Crippen LogP contribution in [-0.4, -0.2) is 27.7 Å². The Hall–Kier alpha value is -3.32. The minimum Gasteiger partial charge on any atom is -0.452 e. The van der Waals surface area contributed by atoms with Crippen LogP contribution in [0, 0.1) is 0 Å². The molecular weight excluding hydrogens is 396 g/mol. The van der Waals surface area contributed by atoms with Crippen LogP contribution >= 0.6 is 11.6 Å². The van der Waals surface area contributed by atoms with Gasteiger partial charge in [-0.2, -0.15) is 4.98 Å². The van der Waals surface area contributed by atoms with E-state index in [2.05, 4.69) is 10.1 Å². The third-order valence-electron chi connectivity index (χ3n) is 4.56. The van der Waals surface area contributed by atoms with Gasteiger partial charge in [-0.15, -0.1) is 0 Å². The normalized spacial score (nSPS) is 12.5. The Bertz CT molecular complexity index is 1150. The molecule has 0 spiro atoms. The number of fused-ring (bicyclic) bond motifs is 2. The topological polar surface area (TPSA) is 99.4 Å². The molecule has 0 saturated heterocycles. The standard InChI is InChI=1S/C21H15ClN2O5/c1-2-5-15-23-16(29-24-15)10-28-21(27)14-9-8-13-17(18(14)22)20(26)12-7-4-3-6-11(12)19(13)25/h3-4,6-9H,2,5,10H2,1H3. The molecule has 1 aliphatic carbocycles. The summed E-state index contributed by atoms with van der Waals surface area (Å²) in [6, 6.07) is 9.29. The summed E-state index contributed by atoms with van der Waals surface area (Å²) < 4.78 is 10.2. The predicted molar refractivity (Wildman–Crippen MR) is 102 cm³/mol. The van der Waals surface area contributed by atoms with E-state index in [0.717, 1.165) is 6.42 Å². The van der Waals surface area contributed by atoms with E-state index in [1.165, 1.54) is 12.1 Å². The number of benzene rings is 2. The smallest absolute Gasteiger partial charge is 0.340 e. The van der Waals surface area contributed by atoms with E-state index in [1.54, 1.807) is 24.3 Å². The van der Waals surface area contributed by atoms with Crippen molar-refractivity contribution in [1.82, 2.24) is 10.1 Å². The highest BCUT2D eigenvalue weighted by Crippen LogP contribution is 2.34. The van der Waals surface area contributed by atoms with Crippen LogP contribution in [0.2, 0.25) is 5.02 Å². The third kappa shape index (κ3) is 3.34. The van der Waals surface area contributed by atoms with Gasteiger partial charge in [-0.05, 0) is 18.6 Å². The van der Waals surface area contributed by atoms with Crippen LogP contribution < -0.4 is 0 Å². The van der Waals surface area contributed by atoms with Gasteiger partial charge < -0.3 is 9.26 Å². The molecule has 4 rings (SSSR count). The lowest BCUT2D eigenvalue weighted by molar-refractivity contribution is 0.0430. The van der Waals surface area contributed by atoms with E-state index >= 15 is 0 Å². The van der Waals surface area contributed by atoms with Gasteiger partial charge in [0.15, 0.2) is 24.0 Å². The molecule has 1 aliphatic rings. The number of rotatable bonds is 5. The first-order valence-corrected chi connectivity index (χ1v) is 9.38. The Balaban J connectivity index is 1.60. The Morgan fingerprint density at radius 1 is 1.07 bits per heavy atom. The molecule has 0 atom stereocenters. The molecule has 0 saturated carbocycles. The molecule has 2 aromatic carbocycles. The first kappa shape index (κ1) is 19.0. The highest BCUT2D eigenvalue weighted by molar-refractivity contribution is 6.41. The van der Waals surface area contributed by atoms with Crippen LogP contribution in [0.3, 0.4) is 0 Å². The molecule has 3 aromatic rings. The maximum atomic E-state index is 12.9. The van der Waals surface area contributed by atoms with Crippen LogP contribution in [0.1, 0.15) is 67.3 Å². The molecule has 8 heteroatoms. The Labute approximate surface area is 170 Å². The van der Waals surface area contributed by atoms with Crippen molar-refractivity contribution in [2.24, 2.45) is 0 Å². The van der Waals surface area contributed by atoms with E-state index in [1.807, 2.05) is 6.92 Å². The molecule has 0 unspecified atom stereocenters. The summed E-state index contributed by atoms with van der Waals surface area (Å²) >= 11 is 6.35. The number of ketones is 2. The van der Waals surface area contributed by atoms with Gasteiger partial charge in [-0.1, -0.05) is 47.9 Å². The molecule has 0 aliphatic heterocycles. The number of esters is 1. The molecule has 1 heterocycles. The van der Waals surface area contributed by atoms with Gasteiger partial charge in [0.2, 0.25) is 0 Å². The van der Waals surface area contributed by atoms with Crippen molar-refractivity contribution in [2.75, 3.05) is 0 Å². The van der Waals surface area contributed by atoms with Gasteiger partial charge in [0, 0.05) is 23.1 Å². The first-order chi connectivity index (χ1) is 14.0. The Kier molecular flexibility index (Phi) is 4.98. The number of hydrogen-bond acceptors (Lipinski definition) is 7. The summed E-state index contributed by atoms with van der Waals surface area (Å²) in [5.74, 6) is -0.779. The lowest BCUT2D eigenvalue weighted by Crippen LogP contribution is -2.22. The Morgan fingerprint density at radius 2 is 1.79 bits per heavy atom. The average molecular weight is 411 g/mol. The maximum Gasteiger partial charge on any atom is 0.340 e. The van der Waals surface area contributed by atoms with Crippen LogP contribution in [0.4, 0.5) is 0 Å². The fraction of sp³-hybridized carbons (Fsp3) is 0.190. The molecule has 0 amide bonds. The summed E-state index contributed by atoms with van der Waals surface area (Å²) in [6.07, 6.45) is 1.52. The molecule has 7 nitrogen and oxygen atoms in total. The highest BCUT2D eigenvalue weighted by Gasteiger charge is 2.33. The van der Waals surface area contributed by atoms with Crippen molar-refractivity contribution in [3.8, 4) is 0 Å². The van der Waals surface area contributed by atoms with Crippen LogP contribution in [0.15, 0.2) is 40.9 Å². The molecule has 0 N–H and O–H groups in total. The van der Waals surface area contributed by atoms with Crippen molar-refractivity contribution in [1.29, 1.82) is 0 Å². The molecule has 146 valence electrons. The zero-order valence-corrected chi connectivity index (χ0v) is 16.2. The summed E-state index contributed by atoms with van der Waals surface area (Å²) in [5, 5.41) is 3.67. The fourth-order valence-electron chi connectivity index (χ4n) is 3.18. The molecule has 0 radical (unpaired) electrons. The van der Waals surface area contributed by atoms with Gasteiger partial charge >= 0.3 is 5.97 Å². The van der Waals surface area contributed by atoms with Crippen LogP contribution in [0.5, 0.6) is 0 Å². The number of carbonyl (C=O) groups excluding carboxylic acids is 3. The van der Waals surface area contributed by atoms with E-state index in [0.29, 0.717) is 17.8 Å². The fourth-order valence-corrected chi connectivity index (χ4v) is 3.51. The third-order valence-corrected chi connectivity index (χ3v) is 4.95.